The lowest BCUT2D eigenvalue weighted by molar-refractivity contribution is 0.218. The molecule has 0 aromatic heterocycles. The van der Waals surface area contributed by atoms with Crippen LogP contribution >= 0.6 is 15.9 Å². The van der Waals surface area contributed by atoms with Crippen LogP contribution in [0.3, 0.4) is 0 Å². The summed E-state index contributed by atoms with van der Waals surface area (Å²) in [5.41, 5.74) is 6.57. The SMILES string of the molecule is Cc1cccc(C(C)NCC(CO)Cc2cccc(Br)c2C)c1C. The minimum Gasteiger partial charge on any atom is -0.396 e. The number of aliphatic hydroxyl groups is 1. The molecule has 2 nitrogen and oxygen atoms in total. The van der Waals surface area contributed by atoms with Gasteiger partial charge in [0.05, 0.1) is 0 Å². The molecule has 0 saturated heterocycles. The standard InChI is InChI=1S/C21H28BrNO/c1-14-7-5-9-20(15(14)2)17(4)23-12-18(13-24)11-19-8-6-10-21(22)16(19)3/h5-10,17-18,23-24H,11-13H2,1-4H3. The second-order valence-corrected chi connectivity index (χ2v) is 7.55. The van der Waals surface area contributed by atoms with Crippen molar-refractivity contribution in [1.29, 1.82) is 0 Å². The molecule has 0 spiro atoms. The van der Waals surface area contributed by atoms with Crippen LogP contribution in [0.5, 0.6) is 0 Å². The molecule has 0 heterocycles. The van der Waals surface area contributed by atoms with Crippen LogP contribution in [0.25, 0.3) is 0 Å². The highest BCUT2D eigenvalue weighted by molar-refractivity contribution is 9.10. The Bertz CT molecular complexity index is 684. The maximum atomic E-state index is 9.78. The van der Waals surface area contributed by atoms with Gasteiger partial charge in [-0.1, -0.05) is 46.3 Å². The molecule has 2 N–H and O–H groups in total. The lowest BCUT2D eigenvalue weighted by Crippen LogP contribution is -2.29. The number of aryl methyl sites for hydroxylation is 1. The minimum atomic E-state index is 0.193. The number of rotatable bonds is 7. The second kappa shape index (κ2) is 8.80. The van der Waals surface area contributed by atoms with Crippen LogP contribution in [-0.4, -0.2) is 18.3 Å². The third-order valence-electron chi connectivity index (χ3n) is 4.97. The normalized spacial score (nSPS) is 13.8. The number of nitrogens with one attached hydrogen (secondary N) is 1. The zero-order chi connectivity index (χ0) is 17.7. The van der Waals surface area contributed by atoms with Gasteiger partial charge in [-0.3, -0.25) is 0 Å². The summed E-state index contributed by atoms with van der Waals surface area (Å²) in [4.78, 5) is 0. The van der Waals surface area contributed by atoms with E-state index in [2.05, 4.69) is 85.3 Å². The molecule has 2 aromatic carbocycles. The molecule has 2 unspecified atom stereocenters. The molecular formula is C21H28BrNO. The summed E-state index contributed by atoms with van der Waals surface area (Å²) >= 11 is 3.59. The third-order valence-corrected chi connectivity index (χ3v) is 5.83. The summed E-state index contributed by atoms with van der Waals surface area (Å²) in [6.45, 7) is 9.64. The van der Waals surface area contributed by atoms with E-state index < -0.39 is 0 Å². The first-order valence-electron chi connectivity index (χ1n) is 8.58. The molecule has 2 rings (SSSR count). The summed E-state index contributed by atoms with van der Waals surface area (Å²) in [6.07, 6.45) is 0.883. The van der Waals surface area contributed by atoms with Crippen LogP contribution in [0.15, 0.2) is 40.9 Å². The van der Waals surface area contributed by atoms with Gasteiger partial charge >= 0.3 is 0 Å². The summed E-state index contributed by atoms with van der Waals surface area (Å²) in [5, 5.41) is 13.4. The van der Waals surface area contributed by atoms with Gasteiger partial charge in [0.15, 0.2) is 0 Å². The zero-order valence-electron chi connectivity index (χ0n) is 15.1. The quantitative estimate of drug-likeness (QED) is 0.707. The number of hydrogen-bond acceptors (Lipinski definition) is 2. The molecule has 0 aliphatic heterocycles. The van der Waals surface area contributed by atoms with Gasteiger partial charge < -0.3 is 10.4 Å². The average molecular weight is 390 g/mol. The van der Waals surface area contributed by atoms with E-state index in [4.69, 9.17) is 0 Å². The van der Waals surface area contributed by atoms with Gasteiger partial charge in [-0.05, 0) is 73.9 Å². The third kappa shape index (κ3) is 4.69. The molecule has 0 bridgehead atoms. The minimum absolute atomic E-state index is 0.193. The van der Waals surface area contributed by atoms with E-state index in [1.54, 1.807) is 0 Å². The van der Waals surface area contributed by atoms with E-state index in [0.717, 1.165) is 17.4 Å². The summed E-state index contributed by atoms with van der Waals surface area (Å²) < 4.78 is 1.13. The van der Waals surface area contributed by atoms with E-state index in [1.165, 1.54) is 27.8 Å². The van der Waals surface area contributed by atoms with Gasteiger partial charge in [-0.25, -0.2) is 0 Å². The monoisotopic (exact) mass is 389 g/mol. The fraction of sp³-hybridized carbons (Fsp3) is 0.429. The van der Waals surface area contributed by atoms with Crippen LogP contribution < -0.4 is 5.32 Å². The molecule has 2 aromatic rings. The Morgan fingerprint density at radius 3 is 2.46 bits per heavy atom. The van der Waals surface area contributed by atoms with Gasteiger partial charge in [0.2, 0.25) is 0 Å². The predicted octanol–water partition coefficient (Wildman–Crippen LogP) is 4.88. The van der Waals surface area contributed by atoms with Gasteiger partial charge in [-0.2, -0.15) is 0 Å². The molecule has 2 atom stereocenters. The van der Waals surface area contributed by atoms with Crippen molar-refractivity contribution in [2.75, 3.05) is 13.2 Å². The van der Waals surface area contributed by atoms with Crippen LogP contribution in [0.1, 0.15) is 40.8 Å². The summed E-state index contributed by atoms with van der Waals surface area (Å²) in [6, 6.07) is 13.0. The maximum Gasteiger partial charge on any atom is 0.0474 e. The zero-order valence-corrected chi connectivity index (χ0v) is 16.7. The number of benzene rings is 2. The Morgan fingerprint density at radius 2 is 1.75 bits per heavy atom. The van der Waals surface area contributed by atoms with Crippen molar-refractivity contribution in [2.45, 2.75) is 40.2 Å². The molecule has 0 aliphatic carbocycles. The number of halogens is 1. The summed E-state index contributed by atoms with van der Waals surface area (Å²) in [7, 11) is 0. The second-order valence-electron chi connectivity index (χ2n) is 6.70. The van der Waals surface area contributed by atoms with Crippen molar-refractivity contribution in [3.63, 3.8) is 0 Å². The molecule has 0 aliphatic rings. The molecule has 3 heteroatoms. The summed E-state index contributed by atoms with van der Waals surface area (Å²) in [5.74, 6) is 0.213. The van der Waals surface area contributed by atoms with E-state index in [9.17, 15) is 5.11 Å². The van der Waals surface area contributed by atoms with Crippen molar-refractivity contribution < 1.29 is 5.11 Å². The van der Waals surface area contributed by atoms with E-state index in [1.807, 2.05) is 0 Å². The highest BCUT2D eigenvalue weighted by Crippen LogP contribution is 2.23. The molecule has 24 heavy (non-hydrogen) atoms. The number of aliphatic hydroxyl groups excluding tert-OH is 1. The highest BCUT2D eigenvalue weighted by Gasteiger charge is 2.14. The van der Waals surface area contributed by atoms with Crippen LogP contribution in [0, 0.1) is 26.7 Å². The Morgan fingerprint density at radius 1 is 1.04 bits per heavy atom. The highest BCUT2D eigenvalue weighted by atomic mass is 79.9. The number of hydrogen-bond donors (Lipinski definition) is 2. The van der Waals surface area contributed by atoms with Crippen LogP contribution in [-0.2, 0) is 6.42 Å². The predicted molar refractivity (Wildman–Crippen MR) is 105 cm³/mol. The van der Waals surface area contributed by atoms with E-state index in [0.29, 0.717) is 0 Å². The fourth-order valence-corrected chi connectivity index (χ4v) is 3.49. The van der Waals surface area contributed by atoms with Crippen molar-refractivity contribution in [2.24, 2.45) is 5.92 Å². The largest absolute Gasteiger partial charge is 0.396 e. The van der Waals surface area contributed by atoms with Gasteiger partial charge in [-0.15, -0.1) is 0 Å². The molecule has 0 amide bonds. The lowest BCUT2D eigenvalue weighted by atomic mass is 9.95. The molecule has 0 radical (unpaired) electrons. The van der Waals surface area contributed by atoms with Crippen molar-refractivity contribution in [3.05, 3.63) is 68.7 Å². The van der Waals surface area contributed by atoms with E-state index >= 15 is 0 Å². The van der Waals surface area contributed by atoms with Gasteiger partial charge in [0.1, 0.15) is 0 Å². The Hall–Kier alpha value is -1.16. The Balaban J connectivity index is 2.00. The van der Waals surface area contributed by atoms with Crippen molar-refractivity contribution in [1.82, 2.24) is 5.32 Å². The van der Waals surface area contributed by atoms with Crippen LogP contribution in [0.4, 0.5) is 0 Å². The van der Waals surface area contributed by atoms with E-state index in [-0.39, 0.29) is 18.6 Å². The van der Waals surface area contributed by atoms with Gasteiger partial charge in [0.25, 0.3) is 0 Å². The topological polar surface area (TPSA) is 32.3 Å². The Kier molecular flexibility index (Phi) is 7.02. The van der Waals surface area contributed by atoms with Crippen LogP contribution in [0.2, 0.25) is 0 Å². The molecule has 130 valence electrons. The van der Waals surface area contributed by atoms with Crippen molar-refractivity contribution >= 4 is 15.9 Å². The first kappa shape index (κ1) is 19.2. The molecule has 0 fully saturated rings. The average Bonchev–Trinajstić information content (AvgIpc) is 2.57. The molecule has 0 saturated carbocycles. The maximum absolute atomic E-state index is 9.78. The molecular weight excluding hydrogens is 362 g/mol. The first-order valence-corrected chi connectivity index (χ1v) is 9.37. The first-order chi connectivity index (χ1) is 11.4. The Labute approximate surface area is 154 Å². The smallest absolute Gasteiger partial charge is 0.0474 e. The van der Waals surface area contributed by atoms with Gasteiger partial charge in [0, 0.05) is 23.7 Å². The fourth-order valence-electron chi connectivity index (χ4n) is 3.08. The van der Waals surface area contributed by atoms with Crippen molar-refractivity contribution in [3.8, 4) is 0 Å². The lowest BCUT2D eigenvalue weighted by Gasteiger charge is -2.22.